The number of likely N-dealkylation sites (N-methyl/N-ethyl adjacent to an activating group) is 1. The van der Waals surface area contributed by atoms with Crippen LogP contribution >= 0.6 is 0 Å². The Labute approximate surface area is 81.7 Å². The van der Waals surface area contributed by atoms with E-state index in [2.05, 4.69) is 4.90 Å². The molecule has 80 valence electrons. The van der Waals surface area contributed by atoms with E-state index in [-0.39, 0.29) is 6.10 Å². The molecule has 1 N–H and O–H groups in total. The molecule has 0 aromatic carbocycles. The Morgan fingerprint density at radius 2 is 2.00 bits per heavy atom. The Bertz CT molecular complexity index is 117. The lowest BCUT2D eigenvalue weighted by molar-refractivity contribution is 0.0667. The molecular weight excluding hydrogens is 166 g/mol. The number of hydrogen-bond acceptors (Lipinski definition) is 3. The minimum atomic E-state index is -0.230. The van der Waals surface area contributed by atoms with Gasteiger partial charge in [0.2, 0.25) is 0 Å². The second-order valence-electron chi connectivity index (χ2n) is 3.77. The van der Waals surface area contributed by atoms with Crippen LogP contribution in [-0.4, -0.2) is 49.5 Å². The van der Waals surface area contributed by atoms with Gasteiger partial charge < -0.3 is 14.7 Å². The van der Waals surface area contributed by atoms with Crippen molar-refractivity contribution in [1.82, 2.24) is 4.90 Å². The summed E-state index contributed by atoms with van der Waals surface area (Å²) in [5.74, 6) is 0.328. The molecule has 13 heavy (non-hydrogen) atoms. The zero-order valence-corrected chi connectivity index (χ0v) is 9.29. The van der Waals surface area contributed by atoms with Gasteiger partial charge in [0.15, 0.2) is 0 Å². The summed E-state index contributed by atoms with van der Waals surface area (Å²) in [4.78, 5) is 2.10. The van der Waals surface area contributed by atoms with Crippen LogP contribution in [0.25, 0.3) is 0 Å². The highest BCUT2D eigenvalue weighted by Crippen LogP contribution is 2.02. The van der Waals surface area contributed by atoms with Crippen LogP contribution in [0, 0.1) is 5.92 Å². The van der Waals surface area contributed by atoms with Gasteiger partial charge in [-0.25, -0.2) is 0 Å². The largest absolute Gasteiger partial charge is 0.392 e. The van der Waals surface area contributed by atoms with Crippen LogP contribution in [0.4, 0.5) is 0 Å². The topological polar surface area (TPSA) is 32.7 Å². The predicted octanol–water partition coefficient (Wildman–Crippen LogP) is 0.972. The van der Waals surface area contributed by atoms with Gasteiger partial charge in [0.05, 0.1) is 12.7 Å². The van der Waals surface area contributed by atoms with E-state index in [1.165, 1.54) is 0 Å². The van der Waals surface area contributed by atoms with Gasteiger partial charge in [-0.2, -0.15) is 0 Å². The van der Waals surface area contributed by atoms with Gasteiger partial charge in [0.1, 0.15) is 0 Å². The van der Waals surface area contributed by atoms with E-state index < -0.39 is 0 Å². The molecule has 0 aliphatic carbocycles. The van der Waals surface area contributed by atoms with Gasteiger partial charge in [-0.05, 0) is 19.9 Å². The van der Waals surface area contributed by atoms with Gasteiger partial charge in [0, 0.05) is 19.7 Å². The Kier molecular flexibility index (Phi) is 7.23. The van der Waals surface area contributed by atoms with E-state index in [0.717, 1.165) is 26.3 Å². The predicted molar refractivity (Wildman–Crippen MR) is 54.8 cm³/mol. The van der Waals surface area contributed by atoms with Gasteiger partial charge in [-0.1, -0.05) is 13.8 Å². The second kappa shape index (κ2) is 7.30. The maximum Gasteiger partial charge on any atom is 0.0689 e. The minimum Gasteiger partial charge on any atom is -0.392 e. The standard InChI is InChI=1S/C10H23NO2/c1-5-13-7-6-11(4)8-10(12)9(2)3/h9-10,12H,5-8H2,1-4H3. The summed E-state index contributed by atoms with van der Waals surface area (Å²) in [5, 5.41) is 9.57. The Morgan fingerprint density at radius 3 is 2.46 bits per heavy atom. The third-order valence-electron chi connectivity index (χ3n) is 2.09. The first-order valence-corrected chi connectivity index (χ1v) is 5.02. The lowest BCUT2D eigenvalue weighted by Gasteiger charge is -2.22. The molecule has 3 heteroatoms. The molecule has 0 radical (unpaired) electrons. The molecule has 1 atom stereocenters. The van der Waals surface area contributed by atoms with Crippen molar-refractivity contribution in [3.05, 3.63) is 0 Å². The van der Waals surface area contributed by atoms with Crippen LogP contribution in [-0.2, 0) is 4.74 Å². The molecule has 0 saturated carbocycles. The summed E-state index contributed by atoms with van der Waals surface area (Å²) in [6.45, 7) is 9.17. The SMILES string of the molecule is CCOCCN(C)CC(O)C(C)C. The zero-order valence-electron chi connectivity index (χ0n) is 9.29. The highest BCUT2D eigenvalue weighted by atomic mass is 16.5. The molecule has 1 unspecified atom stereocenters. The molecule has 0 aromatic rings. The summed E-state index contributed by atoms with van der Waals surface area (Å²) in [6.07, 6.45) is -0.230. The van der Waals surface area contributed by atoms with Crippen LogP contribution in [0.5, 0.6) is 0 Å². The average Bonchev–Trinajstić information content (AvgIpc) is 2.04. The highest BCUT2D eigenvalue weighted by Gasteiger charge is 2.11. The van der Waals surface area contributed by atoms with Gasteiger partial charge in [0.25, 0.3) is 0 Å². The first-order chi connectivity index (χ1) is 6.07. The molecular formula is C10H23NO2. The van der Waals surface area contributed by atoms with E-state index in [9.17, 15) is 5.11 Å². The summed E-state index contributed by atoms with van der Waals surface area (Å²) >= 11 is 0. The maximum atomic E-state index is 9.57. The molecule has 0 bridgehead atoms. The fourth-order valence-electron chi connectivity index (χ4n) is 0.986. The zero-order chi connectivity index (χ0) is 10.3. The molecule has 0 amide bonds. The fraction of sp³-hybridized carbons (Fsp3) is 1.00. The van der Waals surface area contributed by atoms with Crippen molar-refractivity contribution in [1.29, 1.82) is 0 Å². The molecule has 3 nitrogen and oxygen atoms in total. The lowest BCUT2D eigenvalue weighted by Crippen LogP contribution is -2.34. The summed E-state index contributed by atoms with van der Waals surface area (Å²) in [5.41, 5.74) is 0. The third kappa shape index (κ3) is 6.99. The Morgan fingerprint density at radius 1 is 1.38 bits per heavy atom. The Balaban J connectivity index is 3.43. The van der Waals surface area contributed by atoms with Crippen molar-refractivity contribution < 1.29 is 9.84 Å². The number of hydrogen-bond donors (Lipinski definition) is 1. The van der Waals surface area contributed by atoms with Crippen molar-refractivity contribution in [2.75, 3.05) is 33.4 Å². The smallest absolute Gasteiger partial charge is 0.0689 e. The lowest BCUT2D eigenvalue weighted by atomic mass is 10.1. The van der Waals surface area contributed by atoms with Crippen LogP contribution < -0.4 is 0 Å². The number of aliphatic hydroxyl groups excluding tert-OH is 1. The monoisotopic (exact) mass is 189 g/mol. The fourth-order valence-corrected chi connectivity index (χ4v) is 0.986. The number of rotatable bonds is 7. The number of aliphatic hydroxyl groups is 1. The van der Waals surface area contributed by atoms with Crippen LogP contribution in [0.15, 0.2) is 0 Å². The van der Waals surface area contributed by atoms with Crippen LogP contribution in [0.2, 0.25) is 0 Å². The van der Waals surface area contributed by atoms with Crippen molar-refractivity contribution in [2.24, 2.45) is 5.92 Å². The van der Waals surface area contributed by atoms with Crippen LogP contribution in [0.1, 0.15) is 20.8 Å². The van der Waals surface area contributed by atoms with E-state index >= 15 is 0 Å². The van der Waals surface area contributed by atoms with Gasteiger partial charge in [-0.3, -0.25) is 0 Å². The molecule has 0 aliphatic heterocycles. The molecule has 0 aromatic heterocycles. The molecule has 0 rings (SSSR count). The van der Waals surface area contributed by atoms with Crippen molar-refractivity contribution in [2.45, 2.75) is 26.9 Å². The highest BCUT2D eigenvalue weighted by molar-refractivity contribution is 4.64. The number of nitrogens with zero attached hydrogens (tertiary/aromatic N) is 1. The van der Waals surface area contributed by atoms with Crippen molar-refractivity contribution in [3.63, 3.8) is 0 Å². The molecule has 0 heterocycles. The minimum absolute atomic E-state index is 0.230. The van der Waals surface area contributed by atoms with E-state index in [4.69, 9.17) is 4.74 Å². The molecule has 0 aliphatic rings. The van der Waals surface area contributed by atoms with E-state index in [1.807, 2.05) is 27.8 Å². The van der Waals surface area contributed by atoms with E-state index in [0.29, 0.717) is 5.92 Å². The average molecular weight is 189 g/mol. The van der Waals surface area contributed by atoms with Crippen LogP contribution in [0.3, 0.4) is 0 Å². The molecule has 0 spiro atoms. The normalized spacial score (nSPS) is 14.1. The van der Waals surface area contributed by atoms with Crippen molar-refractivity contribution in [3.8, 4) is 0 Å². The van der Waals surface area contributed by atoms with Gasteiger partial charge in [-0.15, -0.1) is 0 Å². The first-order valence-electron chi connectivity index (χ1n) is 5.02. The summed E-state index contributed by atoms with van der Waals surface area (Å²) in [6, 6.07) is 0. The number of ether oxygens (including phenoxy) is 1. The maximum absolute atomic E-state index is 9.57. The van der Waals surface area contributed by atoms with E-state index in [1.54, 1.807) is 0 Å². The second-order valence-corrected chi connectivity index (χ2v) is 3.77. The molecule has 0 fully saturated rings. The van der Waals surface area contributed by atoms with Crippen molar-refractivity contribution >= 4 is 0 Å². The summed E-state index contributed by atoms with van der Waals surface area (Å²) in [7, 11) is 2.00. The first kappa shape index (κ1) is 12.9. The molecule has 0 saturated heterocycles. The quantitative estimate of drug-likeness (QED) is 0.606. The Hall–Kier alpha value is -0.120. The third-order valence-corrected chi connectivity index (χ3v) is 2.09. The summed E-state index contributed by atoms with van der Waals surface area (Å²) < 4.78 is 5.22. The van der Waals surface area contributed by atoms with Gasteiger partial charge >= 0.3 is 0 Å².